The fourth-order valence-electron chi connectivity index (χ4n) is 2.72. The van der Waals surface area contributed by atoms with Gasteiger partial charge in [-0.15, -0.1) is 5.10 Å². The van der Waals surface area contributed by atoms with E-state index in [-0.39, 0.29) is 5.75 Å². The van der Waals surface area contributed by atoms with Crippen LogP contribution in [0, 0.1) is 0 Å². The van der Waals surface area contributed by atoms with E-state index in [0.29, 0.717) is 47.8 Å². The van der Waals surface area contributed by atoms with E-state index in [9.17, 15) is 13.2 Å². The van der Waals surface area contributed by atoms with E-state index in [1.54, 1.807) is 36.1 Å². The second kappa shape index (κ2) is 12.8. The smallest absolute Gasteiger partial charge is 0.257 e. The van der Waals surface area contributed by atoms with Gasteiger partial charge in [-0.25, -0.2) is 13.1 Å². The minimum Gasteiger partial charge on any atom is -0.474 e. The molecule has 32 heavy (non-hydrogen) atoms. The Hall–Kier alpha value is -2.07. The lowest BCUT2D eigenvalue weighted by Crippen LogP contribution is -2.31. The van der Waals surface area contributed by atoms with Crippen molar-refractivity contribution in [3.8, 4) is 5.88 Å². The maximum atomic E-state index is 12.2. The van der Waals surface area contributed by atoms with Crippen molar-refractivity contribution in [1.82, 2.24) is 14.5 Å². The zero-order valence-corrected chi connectivity index (χ0v) is 20.3. The Morgan fingerprint density at radius 3 is 2.69 bits per heavy atom. The fourth-order valence-corrected chi connectivity index (χ4v) is 4.25. The number of nitrogens with zero attached hydrogens (tertiary/aromatic N) is 2. The lowest BCUT2D eigenvalue weighted by atomic mass is 10.2. The van der Waals surface area contributed by atoms with Crippen LogP contribution in [0.15, 0.2) is 30.3 Å². The molecule has 176 valence electrons. The van der Waals surface area contributed by atoms with Gasteiger partial charge in [0.05, 0.1) is 24.6 Å². The van der Waals surface area contributed by atoms with Crippen LogP contribution in [0.5, 0.6) is 5.88 Å². The fraction of sp³-hybridized carbons (Fsp3) is 0.429. The van der Waals surface area contributed by atoms with Gasteiger partial charge in [0, 0.05) is 29.3 Å². The van der Waals surface area contributed by atoms with Crippen LogP contribution in [0.2, 0.25) is 10.0 Å². The number of amides is 1. The van der Waals surface area contributed by atoms with Crippen LogP contribution in [0.3, 0.4) is 0 Å². The third-order valence-corrected chi connectivity index (χ3v) is 6.26. The van der Waals surface area contributed by atoms with Crippen LogP contribution in [-0.2, 0) is 26.1 Å². The van der Waals surface area contributed by atoms with Crippen LogP contribution < -0.4 is 9.46 Å². The number of hydrogen-bond acceptors (Lipinski definition) is 6. The first-order valence-corrected chi connectivity index (χ1v) is 12.5. The SMILES string of the molecule is CCCCCS(=O)(=O)NC(=O)C=Cc1cc(OCCOC)nn1Cc1ccc(Cl)cc1Cl. The van der Waals surface area contributed by atoms with Crippen LogP contribution in [0.1, 0.15) is 37.4 Å². The number of benzene rings is 1. The maximum absolute atomic E-state index is 12.2. The molecule has 2 aromatic rings. The molecule has 1 heterocycles. The van der Waals surface area contributed by atoms with Crippen molar-refractivity contribution in [3.05, 3.63) is 51.6 Å². The summed E-state index contributed by atoms with van der Waals surface area (Å²) < 4.78 is 38.2. The molecular weight excluding hydrogens is 477 g/mol. The molecule has 1 amide bonds. The Balaban J connectivity index is 2.17. The summed E-state index contributed by atoms with van der Waals surface area (Å²) in [7, 11) is -2.11. The van der Waals surface area contributed by atoms with Crippen molar-refractivity contribution >= 4 is 45.2 Å². The molecule has 0 spiro atoms. The summed E-state index contributed by atoms with van der Waals surface area (Å²) in [5, 5.41) is 5.38. The highest BCUT2D eigenvalue weighted by atomic mass is 35.5. The number of halogens is 2. The molecule has 0 aliphatic carbocycles. The molecule has 0 bridgehead atoms. The highest BCUT2D eigenvalue weighted by molar-refractivity contribution is 7.90. The molecule has 0 aliphatic heterocycles. The van der Waals surface area contributed by atoms with Crippen LogP contribution in [0.25, 0.3) is 6.08 Å². The summed E-state index contributed by atoms with van der Waals surface area (Å²) in [6.07, 6.45) is 4.78. The topological polar surface area (TPSA) is 99.5 Å². The van der Waals surface area contributed by atoms with Crippen LogP contribution in [0.4, 0.5) is 0 Å². The largest absolute Gasteiger partial charge is 0.474 e. The van der Waals surface area contributed by atoms with Gasteiger partial charge >= 0.3 is 0 Å². The number of aromatic nitrogens is 2. The van der Waals surface area contributed by atoms with Crippen LogP contribution >= 0.6 is 23.2 Å². The second-order valence-corrected chi connectivity index (χ2v) is 9.65. The lowest BCUT2D eigenvalue weighted by Gasteiger charge is -2.07. The van der Waals surface area contributed by atoms with Gasteiger partial charge in [0.2, 0.25) is 15.9 Å². The predicted molar refractivity (Wildman–Crippen MR) is 126 cm³/mol. The van der Waals surface area contributed by atoms with Gasteiger partial charge in [-0.3, -0.25) is 9.48 Å². The second-order valence-electron chi connectivity index (χ2n) is 6.97. The Kier molecular flexibility index (Phi) is 10.5. The van der Waals surface area contributed by atoms with Gasteiger partial charge in [-0.1, -0.05) is 49.0 Å². The Bertz CT molecular complexity index is 1040. The molecule has 0 saturated carbocycles. The molecule has 0 saturated heterocycles. The first-order chi connectivity index (χ1) is 15.2. The molecule has 0 fully saturated rings. The number of hydrogen-bond donors (Lipinski definition) is 1. The first-order valence-electron chi connectivity index (χ1n) is 10.1. The molecule has 1 aromatic heterocycles. The highest BCUT2D eigenvalue weighted by Crippen LogP contribution is 2.23. The van der Waals surface area contributed by atoms with E-state index in [4.69, 9.17) is 32.7 Å². The van der Waals surface area contributed by atoms with E-state index >= 15 is 0 Å². The molecule has 8 nitrogen and oxygen atoms in total. The van der Waals surface area contributed by atoms with E-state index in [1.807, 2.05) is 6.92 Å². The van der Waals surface area contributed by atoms with Crippen LogP contribution in [-0.4, -0.2) is 50.2 Å². The van der Waals surface area contributed by atoms with Crippen molar-refractivity contribution in [1.29, 1.82) is 0 Å². The molecule has 1 N–H and O–H groups in total. The maximum Gasteiger partial charge on any atom is 0.257 e. The number of ether oxygens (including phenoxy) is 2. The zero-order valence-electron chi connectivity index (χ0n) is 18.0. The monoisotopic (exact) mass is 503 g/mol. The van der Waals surface area contributed by atoms with Gasteiger partial charge in [-0.2, -0.15) is 0 Å². The number of methoxy groups -OCH3 is 1. The molecule has 2 rings (SSSR count). The minimum atomic E-state index is -3.68. The average Bonchev–Trinajstić information content (AvgIpc) is 3.10. The van der Waals surface area contributed by atoms with Gasteiger partial charge in [-0.05, 0) is 30.2 Å². The van der Waals surface area contributed by atoms with E-state index < -0.39 is 15.9 Å². The van der Waals surface area contributed by atoms with Gasteiger partial charge in [0.15, 0.2) is 0 Å². The number of sulfonamides is 1. The summed E-state index contributed by atoms with van der Waals surface area (Å²) in [5.74, 6) is -0.495. The minimum absolute atomic E-state index is 0.0924. The Morgan fingerprint density at radius 1 is 1.22 bits per heavy atom. The Morgan fingerprint density at radius 2 is 2.00 bits per heavy atom. The van der Waals surface area contributed by atoms with Gasteiger partial charge in [0.25, 0.3) is 5.91 Å². The summed E-state index contributed by atoms with van der Waals surface area (Å²) in [6, 6.07) is 6.76. The highest BCUT2D eigenvalue weighted by Gasteiger charge is 2.14. The van der Waals surface area contributed by atoms with E-state index in [2.05, 4.69) is 9.82 Å². The molecule has 0 aliphatic rings. The molecule has 0 atom stereocenters. The number of carbonyl (C=O) groups is 1. The van der Waals surface area contributed by atoms with Crippen molar-refractivity contribution in [2.75, 3.05) is 26.1 Å². The molecule has 1 aromatic carbocycles. The lowest BCUT2D eigenvalue weighted by molar-refractivity contribution is -0.114. The van der Waals surface area contributed by atoms with Gasteiger partial charge < -0.3 is 9.47 Å². The number of nitrogens with one attached hydrogen (secondary N) is 1. The van der Waals surface area contributed by atoms with E-state index in [1.165, 1.54) is 6.08 Å². The molecule has 11 heteroatoms. The number of rotatable bonds is 13. The van der Waals surface area contributed by atoms with Gasteiger partial charge in [0.1, 0.15) is 6.61 Å². The summed E-state index contributed by atoms with van der Waals surface area (Å²) in [5.41, 5.74) is 1.29. The Labute approximate surface area is 198 Å². The molecule has 0 radical (unpaired) electrons. The van der Waals surface area contributed by atoms with E-state index in [0.717, 1.165) is 24.5 Å². The average molecular weight is 504 g/mol. The summed E-state index contributed by atoms with van der Waals surface area (Å²) >= 11 is 12.2. The zero-order chi connectivity index (χ0) is 23.6. The molecule has 0 unspecified atom stereocenters. The number of carbonyl (C=O) groups excluding carboxylic acids is 1. The van der Waals surface area contributed by atoms with Crippen molar-refractivity contribution in [2.45, 2.75) is 32.7 Å². The summed E-state index contributed by atoms with van der Waals surface area (Å²) in [6.45, 7) is 2.95. The van der Waals surface area contributed by atoms with Crippen molar-refractivity contribution < 1.29 is 22.7 Å². The number of unbranched alkanes of at least 4 members (excludes halogenated alkanes) is 2. The third-order valence-electron chi connectivity index (χ3n) is 4.34. The normalized spacial score (nSPS) is 11.8. The quantitative estimate of drug-likeness (QED) is 0.328. The predicted octanol–water partition coefficient (Wildman–Crippen LogP) is 3.91. The summed E-state index contributed by atoms with van der Waals surface area (Å²) in [4.78, 5) is 12.2. The first kappa shape index (κ1) is 26.2. The third kappa shape index (κ3) is 8.82. The van der Waals surface area contributed by atoms with Crippen molar-refractivity contribution in [2.24, 2.45) is 0 Å². The molecular formula is C21H27Cl2N3O5S. The van der Waals surface area contributed by atoms with Crippen molar-refractivity contribution in [3.63, 3.8) is 0 Å². The standard InChI is InChI=1S/C21H27Cl2N3O5S/c1-3-4-5-12-32(28,29)25-20(27)9-8-18-14-21(31-11-10-30-2)24-26(18)15-16-6-7-17(22)13-19(16)23/h6-9,13-14H,3-5,10-12,15H2,1-2H3,(H,25,27).